The van der Waals surface area contributed by atoms with Gasteiger partial charge in [-0.05, 0) is 37.1 Å². The van der Waals surface area contributed by atoms with Gasteiger partial charge < -0.3 is 14.4 Å². The van der Waals surface area contributed by atoms with Gasteiger partial charge in [0.1, 0.15) is 10.5 Å². The van der Waals surface area contributed by atoms with E-state index in [2.05, 4.69) is 5.10 Å². The fraction of sp³-hybridized carbons (Fsp3) is 0.368. The molecule has 136 valence electrons. The zero-order chi connectivity index (χ0) is 18.3. The molecule has 0 atom stereocenters. The van der Waals surface area contributed by atoms with E-state index in [1.165, 1.54) is 11.3 Å². The molecule has 0 spiro atoms. The first kappa shape index (κ1) is 16.9. The van der Waals surface area contributed by atoms with Crippen molar-refractivity contribution < 1.29 is 14.3 Å². The molecule has 1 saturated heterocycles. The lowest BCUT2D eigenvalue weighted by atomic mass is 10.1. The summed E-state index contributed by atoms with van der Waals surface area (Å²) in [5.41, 5.74) is 1.78. The minimum absolute atomic E-state index is 0.127. The first-order valence-electron chi connectivity index (χ1n) is 8.60. The number of aromatic nitrogens is 2. The van der Waals surface area contributed by atoms with Gasteiger partial charge in [0.05, 0.1) is 19.1 Å². The Morgan fingerprint density at radius 1 is 1.12 bits per heavy atom. The highest BCUT2D eigenvalue weighted by Gasteiger charge is 2.24. The second kappa shape index (κ2) is 6.64. The normalized spacial score (nSPS) is 14.2. The van der Waals surface area contributed by atoms with E-state index in [-0.39, 0.29) is 5.91 Å². The topological polar surface area (TPSA) is 56.6 Å². The molecular weight excluding hydrogens is 350 g/mol. The second-order valence-electron chi connectivity index (χ2n) is 6.37. The van der Waals surface area contributed by atoms with Gasteiger partial charge in [-0.2, -0.15) is 5.10 Å². The van der Waals surface area contributed by atoms with E-state index in [9.17, 15) is 4.79 Å². The predicted molar refractivity (Wildman–Crippen MR) is 102 cm³/mol. The van der Waals surface area contributed by atoms with Crippen LogP contribution < -0.4 is 9.47 Å². The van der Waals surface area contributed by atoms with E-state index in [0.29, 0.717) is 11.5 Å². The van der Waals surface area contributed by atoms with E-state index in [1.54, 1.807) is 14.2 Å². The van der Waals surface area contributed by atoms with Gasteiger partial charge in [-0.1, -0.05) is 0 Å². The van der Waals surface area contributed by atoms with Crippen molar-refractivity contribution in [3.63, 3.8) is 0 Å². The molecule has 6 nitrogen and oxygen atoms in total. The molecule has 4 rings (SSSR count). The van der Waals surface area contributed by atoms with Gasteiger partial charge >= 0.3 is 0 Å². The Labute approximate surface area is 155 Å². The van der Waals surface area contributed by atoms with Gasteiger partial charge in [-0.3, -0.25) is 9.48 Å². The molecule has 0 radical (unpaired) electrons. The zero-order valence-corrected chi connectivity index (χ0v) is 15.9. The summed E-state index contributed by atoms with van der Waals surface area (Å²) in [4.78, 5) is 16.4. The number of amides is 1. The molecule has 7 heteroatoms. The van der Waals surface area contributed by atoms with E-state index in [0.717, 1.165) is 52.3 Å². The molecule has 0 aliphatic carbocycles. The van der Waals surface area contributed by atoms with Gasteiger partial charge in [-0.25, -0.2) is 0 Å². The summed E-state index contributed by atoms with van der Waals surface area (Å²) >= 11 is 1.51. The molecule has 1 amide bonds. The highest BCUT2D eigenvalue weighted by Crippen LogP contribution is 2.37. The van der Waals surface area contributed by atoms with Crippen LogP contribution in [0.3, 0.4) is 0 Å². The second-order valence-corrected chi connectivity index (χ2v) is 7.40. The molecular formula is C19H21N3O3S. The maximum atomic E-state index is 12.7. The Kier molecular flexibility index (Phi) is 4.32. The molecule has 1 aliphatic heterocycles. The summed E-state index contributed by atoms with van der Waals surface area (Å²) < 4.78 is 12.6. The number of carbonyl (C=O) groups excluding carboxylic acids is 1. The lowest BCUT2D eigenvalue weighted by molar-refractivity contribution is 0.0797. The van der Waals surface area contributed by atoms with Crippen molar-refractivity contribution >= 4 is 27.5 Å². The zero-order valence-electron chi connectivity index (χ0n) is 15.1. The van der Waals surface area contributed by atoms with Crippen molar-refractivity contribution in [1.82, 2.24) is 14.7 Å². The number of likely N-dealkylation sites (tertiary alicyclic amines) is 1. The van der Waals surface area contributed by atoms with Gasteiger partial charge in [-0.15, -0.1) is 11.3 Å². The van der Waals surface area contributed by atoms with E-state index < -0.39 is 0 Å². The van der Waals surface area contributed by atoms with Crippen LogP contribution in [-0.4, -0.2) is 47.9 Å². The molecule has 1 fully saturated rings. The third kappa shape index (κ3) is 2.72. The lowest BCUT2D eigenvalue weighted by Crippen LogP contribution is -2.26. The standard InChI is InChI=1S/C19H21N3O3S/c1-21-19-13(11-16(26-19)18(23)22-8-4-5-9-22)17(20-21)12-6-7-14(24-2)15(10-12)25-3/h6-7,10-11H,4-5,8-9H2,1-3H3. The average Bonchev–Trinajstić information content (AvgIpc) is 3.39. The Morgan fingerprint density at radius 2 is 1.85 bits per heavy atom. The van der Waals surface area contributed by atoms with E-state index in [1.807, 2.05) is 40.9 Å². The van der Waals surface area contributed by atoms with Crippen LogP contribution in [-0.2, 0) is 7.05 Å². The number of aryl methyl sites for hydroxylation is 1. The van der Waals surface area contributed by atoms with Crippen molar-refractivity contribution in [2.45, 2.75) is 12.8 Å². The monoisotopic (exact) mass is 371 g/mol. The fourth-order valence-corrected chi connectivity index (χ4v) is 4.46. The number of fused-ring (bicyclic) bond motifs is 1. The van der Waals surface area contributed by atoms with Gasteiger partial charge in [0, 0.05) is 31.1 Å². The molecule has 0 saturated carbocycles. The van der Waals surface area contributed by atoms with Crippen molar-refractivity contribution in [3.8, 4) is 22.8 Å². The first-order valence-corrected chi connectivity index (χ1v) is 9.42. The van der Waals surface area contributed by atoms with Crippen LogP contribution in [0.15, 0.2) is 24.3 Å². The van der Waals surface area contributed by atoms with E-state index >= 15 is 0 Å². The number of carbonyl (C=O) groups is 1. The largest absolute Gasteiger partial charge is 0.493 e. The van der Waals surface area contributed by atoms with Crippen LogP contribution in [0.25, 0.3) is 21.5 Å². The minimum Gasteiger partial charge on any atom is -0.493 e. The molecule has 2 aromatic heterocycles. The summed E-state index contributed by atoms with van der Waals surface area (Å²) in [7, 11) is 5.14. The first-order chi connectivity index (χ1) is 12.6. The summed E-state index contributed by atoms with van der Waals surface area (Å²) in [6.45, 7) is 1.71. The Balaban J connectivity index is 1.77. The Hall–Kier alpha value is -2.54. The number of benzene rings is 1. The van der Waals surface area contributed by atoms with Crippen molar-refractivity contribution in [2.24, 2.45) is 7.05 Å². The summed E-state index contributed by atoms with van der Waals surface area (Å²) in [6, 6.07) is 7.72. The van der Waals surface area contributed by atoms with Gasteiger partial charge in [0.25, 0.3) is 5.91 Å². The number of rotatable bonds is 4. The average molecular weight is 371 g/mol. The van der Waals surface area contributed by atoms with Crippen LogP contribution >= 0.6 is 11.3 Å². The van der Waals surface area contributed by atoms with Crippen molar-refractivity contribution in [3.05, 3.63) is 29.1 Å². The third-order valence-electron chi connectivity index (χ3n) is 4.77. The number of thiophene rings is 1. The van der Waals surface area contributed by atoms with Crippen LogP contribution in [0.2, 0.25) is 0 Å². The van der Waals surface area contributed by atoms with Crippen LogP contribution in [0, 0.1) is 0 Å². The summed E-state index contributed by atoms with van der Waals surface area (Å²) in [5, 5.41) is 5.65. The number of hydrogen-bond donors (Lipinski definition) is 0. The maximum absolute atomic E-state index is 12.7. The highest BCUT2D eigenvalue weighted by atomic mass is 32.1. The Bertz CT molecular complexity index is 970. The van der Waals surface area contributed by atoms with Gasteiger partial charge in [0.15, 0.2) is 11.5 Å². The molecule has 0 bridgehead atoms. The van der Waals surface area contributed by atoms with Crippen molar-refractivity contribution in [1.29, 1.82) is 0 Å². The number of ether oxygens (including phenoxy) is 2. The quantitative estimate of drug-likeness (QED) is 0.704. The maximum Gasteiger partial charge on any atom is 0.264 e. The number of methoxy groups -OCH3 is 2. The summed E-state index contributed by atoms with van der Waals surface area (Å²) in [6.07, 6.45) is 2.18. The minimum atomic E-state index is 0.127. The molecule has 3 heterocycles. The molecule has 26 heavy (non-hydrogen) atoms. The van der Waals surface area contributed by atoms with Crippen LogP contribution in [0.4, 0.5) is 0 Å². The molecule has 0 N–H and O–H groups in total. The van der Waals surface area contributed by atoms with Crippen molar-refractivity contribution in [2.75, 3.05) is 27.3 Å². The SMILES string of the molecule is COc1ccc(-c2nn(C)c3sc(C(=O)N4CCCC4)cc23)cc1OC. The highest BCUT2D eigenvalue weighted by molar-refractivity contribution is 7.20. The van der Waals surface area contributed by atoms with Gasteiger partial charge in [0.2, 0.25) is 0 Å². The lowest BCUT2D eigenvalue weighted by Gasteiger charge is -2.13. The predicted octanol–water partition coefficient (Wildman–Crippen LogP) is 3.56. The smallest absolute Gasteiger partial charge is 0.264 e. The van der Waals surface area contributed by atoms with E-state index in [4.69, 9.17) is 9.47 Å². The number of nitrogens with zero attached hydrogens (tertiary/aromatic N) is 3. The molecule has 0 unspecified atom stereocenters. The third-order valence-corrected chi connectivity index (χ3v) is 5.96. The molecule has 3 aromatic rings. The summed E-state index contributed by atoms with van der Waals surface area (Å²) in [5.74, 6) is 1.47. The molecule has 1 aliphatic rings. The van der Waals surface area contributed by atoms with Crippen LogP contribution in [0.1, 0.15) is 22.5 Å². The molecule has 1 aromatic carbocycles. The fourth-order valence-electron chi connectivity index (χ4n) is 3.42. The van der Waals surface area contributed by atoms with Crippen LogP contribution in [0.5, 0.6) is 11.5 Å². The number of hydrogen-bond acceptors (Lipinski definition) is 5. The Morgan fingerprint density at radius 3 is 2.54 bits per heavy atom.